The van der Waals surface area contributed by atoms with Crippen LogP contribution in [0.25, 0.3) is 10.9 Å². The zero-order chi connectivity index (χ0) is 21.0. The molecular weight excluding hydrogens is 431 g/mol. The molecule has 0 aliphatic carbocycles. The van der Waals surface area contributed by atoms with Crippen LogP contribution in [0.5, 0.6) is 0 Å². The minimum Gasteiger partial charge on any atom is -0.348 e. The molecule has 1 aromatic carbocycles. The van der Waals surface area contributed by atoms with Crippen LogP contribution in [0.3, 0.4) is 0 Å². The van der Waals surface area contributed by atoms with Crippen LogP contribution in [0.15, 0.2) is 35.8 Å². The fourth-order valence-corrected chi connectivity index (χ4v) is 5.31. The third-order valence-electron chi connectivity index (χ3n) is 6.43. The molecule has 0 spiro atoms. The van der Waals surface area contributed by atoms with Crippen LogP contribution >= 0.6 is 23.7 Å². The van der Waals surface area contributed by atoms with Crippen molar-refractivity contribution < 1.29 is 4.39 Å². The number of thiazole rings is 1. The summed E-state index contributed by atoms with van der Waals surface area (Å²) in [5, 5.41) is 4.44. The Bertz CT molecular complexity index is 1260. The van der Waals surface area contributed by atoms with Crippen molar-refractivity contribution in [1.82, 2.24) is 14.5 Å². The number of aryl methyl sites for hydroxylation is 2. The van der Waals surface area contributed by atoms with Gasteiger partial charge in [0, 0.05) is 29.2 Å². The molecule has 0 fully saturated rings. The van der Waals surface area contributed by atoms with Gasteiger partial charge in [-0.2, -0.15) is 0 Å². The summed E-state index contributed by atoms with van der Waals surface area (Å²) in [4.78, 5) is 11.8. The molecule has 4 nitrogen and oxygen atoms in total. The average molecular weight is 457 g/mol. The zero-order valence-corrected chi connectivity index (χ0v) is 19.8. The van der Waals surface area contributed by atoms with Crippen LogP contribution in [-0.4, -0.2) is 21.1 Å². The van der Waals surface area contributed by atoms with Crippen molar-refractivity contribution in [3.8, 4) is 0 Å². The first kappa shape index (κ1) is 21.8. The van der Waals surface area contributed by atoms with Gasteiger partial charge in [0.1, 0.15) is 5.82 Å². The number of halogens is 2. The van der Waals surface area contributed by atoms with E-state index in [-0.39, 0.29) is 24.3 Å². The van der Waals surface area contributed by atoms with Gasteiger partial charge >= 0.3 is 0 Å². The van der Waals surface area contributed by atoms with Crippen LogP contribution in [0.1, 0.15) is 46.1 Å². The summed E-state index contributed by atoms with van der Waals surface area (Å²) in [5.41, 5.74) is 7.02. The molecule has 0 saturated carbocycles. The van der Waals surface area contributed by atoms with Crippen molar-refractivity contribution in [2.24, 2.45) is 0 Å². The van der Waals surface area contributed by atoms with Gasteiger partial charge in [0.25, 0.3) is 0 Å². The molecule has 4 aromatic rings. The number of nitrogens with zero attached hydrogens (tertiary/aromatic N) is 4. The molecule has 1 atom stereocenters. The second kappa shape index (κ2) is 8.24. The second-order valence-electron chi connectivity index (χ2n) is 8.15. The van der Waals surface area contributed by atoms with Gasteiger partial charge in [-0.25, -0.2) is 14.4 Å². The Balaban J connectivity index is 0.00000231. The highest BCUT2D eigenvalue weighted by atomic mass is 35.5. The molecular formula is C24H26ClFN4S. The predicted octanol–water partition coefficient (Wildman–Crippen LogP) is 6.15. The van der Waals surface area contributed by atoms with Gasteiger partial charge < -0.3 is 9.47 Å². The van der Waals surface area contributed by atoms with Gasteiger partial charge in [-0.05, 0) is 69.0 Å². The van der Waals surface area contributed by atoms with Crippen molar-refractivity contribution in [1.29, 1.82) is 0 Å². The topological polar surface area (TPSA) is 34.0 Å². The largest absolute Gasteiger partial charge is 0.348 e. The summed E-state index contributed by atoms with van der Waals surface area (Å²) in [6.07, 6.45) is 2.79. The Morgan fingerprint density at radius 2 is 2.00 bits per heavy atom. The molecule has 1 aliphatic heterocycles. The lowest BCUT2D eigenvalue weighted by molar-refractivity contribution is 0.590. The van der Waals surface area contributed by atoms with Gasteiger partial charge in [0.2, 0.25) is 0 Å². The van der Waals surface area contributed by atoms with E-state index in [2.05, 4.69) is 46.7 Å². The maximum atomic E-state index is 14.0. The maximum absolute atomic E-state index is 14.0. The number of pyridine rings is 1. The van der Waals surface area contributed by atoms with Crippen molar-refractivity contribution in [3.63, 3.8) is 0 Å². The lowest BCUT2D eigenvalue weighted by Crippen LogP contribution is -2.35. The molecule has 7 heteroatoms. The first-order valence-corrected chi connectivity index (χ1v) is 11.2. The zero-order valence-electron chi connectivity index (χ0n) is 18.1. The quantitative estimate of drug-likeness (QED) is 0.370. The van der Waals surface area contributed by atoms with Crippen molar-refractivity contribution >= 4 is 40.5 Å². The molecule has 4 heterocycles. The smallest absolute Gasteiger partial charge is 0.153 e. The van der Waals surface area contributed by atoms with E-state index in [0.717, 1.165) is 47.1 Å². The number of aromatic nitrogens is 3. The van der Waals surface area contributed by atoms with Crippen molar-refractivity contribution in [2.75, 3.05) is 11.4 Å². The number of hydrogen-bond acceptors (Lipinski definition) is 4. The summed E-state index contributed by atoms with van der Waals surface area (Å²) >= 11 is 1.68. The lowest BCUT2D eigenvalue weighted by atomic mass is 9.93. The van der Waals surface area contributed by atoms with E-state index >= 15 is 0 Å². The summed E-state index contributed by atoms with van der Waals surface area (Å²) in [5.74, 6) is 0.792. The molecule has 0 amide bonds. The average Bonchev–Trinajstić information content (AvgIpc) is 3.25. The minimum absolute atomic E-state index is 0. The molecule has 1 aliphatic rings. The van der Waals surface area contributed by atoms with Gasteiger partial charge in [-0.15, -0.1) is 23.7 Å². The summed E-state index contributed by atoms with van der Waals surface area (Å²) in [7, 11) is 0. The number of fused-ring (bicyclic) bond motifs is 2. The molecule has 0 radical (unpaired) electrons. The molecule has 3 aromatic heterocycles. The Labute approximate surface area is 192 Å². The van der Waals surface area contributed by atoms with Crippen molar-refractivity contribution in [3.05, 3.63) is 74.7 Å². The van der Waals surface area contributed by atoms with E-state index in [4.69, 9.17) is 4.98 Å². The molecule has 0 N–H and O–H groups in total. The second-order valence-corrected chi connectivity index (χ2v) is 9.21. The first-order chi connectivity index (χ1) is 14.4. The lowest BCUT2D eigenvalue weighted by Gasteiger charge is -2.36. The molecule has 31 heavy (non-hydrogen) atoms. The Morgan fingerprint density at radius 1 is 1.19 bits per heavy atom. The first-order valence-electron chi connectivity index (χ1n) is 10.3. The van der Waals surface area contributed by atoms with E-state index in [1.54, 1.807) is 23.5 Å². The van der Waals surface area contributed by atoms with E-state index in [9.17, 15) is 4.39 Å². The van der Waals surface area contributed by atoms with Gasteiger partial charge in [0.05, 0.1) is 28.8 Å². The van der Waals surface area contributed by atoms with Crippen LogP contribution in [0.4, 0.5) is 10.2 Å². The monoisotopic (exact) mass is 456 g/mol. The van der Waals surface area contributed by atoms with Crippen LogP contribution in [-0.2, 0) is 13.0 Å². The normalized spacial score (nSPS) is 15.8. The molecule has 1 unspecified atom stereocenters. The summed E-state index contributed by atoms with van der Waals surface area (Å²) in [6, 6.07) is 7.33. The highest BCUT2D eigenvalue weighted by molar-refractivity contribution is 7.09. The Morgan fingerprint density at radius 3 is 2.74 bits per heavy atom. The van der Waals surface area contributed by atoms with Gasteiger partial charge in [-0.1, -0.05) is 6.07 Å². The highest BCUT2D eigenvalue weighted by Gasteiger charge is 2.28. The third kappa shape index (κ3) is 3.62. The maximum Gasteiger partial charge on any atom is 0.153 e. The van der Waals surface area contributed by atoms with E-state index < -0.39 is 0 Å². The summed E-state index contributed by atoms with van der Waals surface area (Å²) in [6.45, 7) is 10.1. The Hall–Kier alpha value is -2.44. The highest BCUT2D eigenvalue weighted by Crippen LogP contribution is 2.38. The van der Waals surface area contributed by atoms with Gasteiger partial charge in [0.15, 0.2) is 5.82 Å². The summed E-state index contributed by atoms with van der Waals surface area (Å²) < 4.78 is 16.3. The molecule has 162 valence electrons. The van der Waals surface area contributed by atoms with Gasteiger partial charge in [-0.3, -0.25) is 0 Å². The molecule has 5 rings (SSSR count). The number of benzene rings is 1. The number of rotatable bonds is 3. The molecule has 0 bridgehead atoms. The number of hydrogen-bond donors (Lipinski definition) is 0. The van der Waals surface area contributed by atoms with Crippen LogP contribution in [0, 0.1) is 26.6 Å². The Kier molecular flexibility index (Phi) is 5.79. The minimum atomic E-state index is -0.178. The van der Waals surface area contributed by atoms with E-state index in [0.29, 0.717) is 0 Å². The number of anilines is 1. The molecule has 0 saturated heterocycles. The fraction of sp³-hybridized carbons (Fsp3) is 0.333. The van der Waals surface area contributed by atoms with Crippen LogP contribution in [0.2, 0.25) is 0 Å². The standard InChI is InChI=1S/C24H25FN4S.ClH/c1-14-15(2)29(12-20-13-30-17(4)27-20)23-21(14)7-9-26-24(23)28-10-8-18-5-6-19(25)11-22(18)16(28)3;/h5-7,9,11,13,16H,8,10,12H2,1-4H3;1H. The predicted molar refractivity (Wildman–Crippen MR) is 128 cm³/mol. The van der Waals surface area contributed by atoms with E-state index in [1.165, 1.54) is 22.2 Å². The van der Waals surface area contributed by atoms with Crippen LogP contribution < -0.4 is 4.90 Å². The van der Waals surface area contributed by atoms with E-state index in [1.807, 2.05) is 19.2 Å². The third-order valence-corrected chi connectivity index (χ3v) is 7.26. The van der Waals surface area contributed by atoms with Crippen molar-refractivity contribution in [2.45, 2.75) is 46.7 Å². The fourth-order valence-electron chi connectivity index (χ4n) is 4.70. The SMILES string of the molecule is Cc1nc(Cn2c(C)c(C)c3ccnc(N4CCc5ccc(F)cc5C4C)c32)cs1.Cl.